The number of aromatic nitrogens is 2. The summed E-state index contributed by atoms with van der Waals surface area (Å²) in [5.41, 5.74) is 9.56. The zero-order chi connectivity index (χ0) is 45.5. The first kappa shape index (κ1) is 39.4. The van der Waals surface area contributed by atoms with Crippen LogP contribution in [0.25, 0.3) is 98.4 Å². The molecule has 0 unspecified atom stereocenters. The Morgan fingerprint density at radius 3 is 1.33 bits per heavy atom. The molecule has 0 aliphatic rings. The van der Waals surface area contributed by atoms with E-state index < -0.39 is 8.07 Å². The van der Waals surface area contributed by atoms with E-state index >= 15 is 0 Å². The number of benzene rings is 12. The Labute approximate surface area is 401 Å². The van der Waals surface area contributed by atoms with E-state index in [9.17, 15) is 0 Å². The summed E-state index contributed by atoms with van der Waals surface area (Å²) < 4.78 is 4.91. The molecule has 0 saturated heterocycles. The molecule has 0 aliphatic heterocycles. The Hall–Kier alpha value is -8.76. The van der Waals surface area contributed by atoms with Crippen molar-refractivity contribution >= 4 is 105 Å². The maximum absolute atomic E-state index is 3.01. The van der Waals surface area contributed by atoms with Gasteiger partial charge in [0.15, 0.2) is 8.07 Å². The van der Waals surface area contributed by atoms with E-state index in [-0.39, 0.29) is 0 Å². The molecular formula is C66H44N2Si. The molecule has 0 saturated carbocycles. The molecule has 0 aliphatic carbocycles. The number of rotatable bonds is 7. The second-order valence-electron chi connectivity index (χ2n) is 18.4. The second-order valence-corrected chi connectivity index (χ2v) is 22.2. The predicted molar refractivity (Wildman–Crippen MR) is 297 cm³/mol. The van der Waals surface area contributed by atoms with Gasteiger partial charge in [-0.1, -0.05) is 212 Å². The average Bonchev–Trinajstić information content (AvgIpc) is 3.95. The lowest BCUT2D eigenvalue weighted by molar-refractivity contribution is 1.18. The van der Waals surface area contributed by atoms with Crippen molar-refractivity contribution in [3.8, 4) is 22.5 Å². The zero-order valence-corrected chi connectivity index (χ0v) is 38.8. The maximum Gasteiger partial charge on any atom is 0.179 e. The molecule has 12 aromatic carbocycles. The van der Waals surface area contributed by atoms with Gasteiger partial charge in [0.1, 0.15) is 0 Å². The first-order valence-electron chi connectivity index (χ1n) is 23.9. The van der Waals surface area contributed by atoms with Crippen LogP contribution in [0.1, 0.15) is 0 Å². The second kappa shape index (κ2) is 15.7. The Bertz CT molecular complexity index is 4230. The fourth-order valence-electron chi connectivity index (χ4n) is 11.9. The topological polar surface area (TPSA) is 9.86 Å². The summed E-state index contributed by atoms with van der Waals surface area (Å²) in [6, 6.07) is 99.7. The smallest absolute Gasteiger partial charge is 0.179 e. The highest BCUT2D eigenvalue weighted by atomic mass is 28.3. The Morgan fingerprint density at radius 1 is 0.217 bits per heavy atom. The molecule has 0 amide bonds. The van der Waals surface area contributed by atoms with Crippen LogP contribution in [-0.2, 0) is 0 Å². The van der Waals surface area contributed by atoms with Crippen LogP contribution >= 0.6 is 0 Å². The number of hydrogen-bond acceptors (Lipinski definition) is 0. The van der Waals surface area contributed by atoms with Crippen LogP contribution in [0, 0.1) is 0 Å². The van der Waals surface area contributed by atoms with Gasteiger partial charge in [-0.05, 0) is 113 Å². The summed E-state index contributed by atoms with van der Waals surface area (Å²) in [6.45, 7) is 0. The lowest BCUT2D eigenvalue weighted by atomic mass is 9.92. The summed E-state index contributed by atoms with van der Waals surface area (Å²) in [6.07, 6.45) is 0. The van der Waals surface area contributed by atoms with Crippen molar-refractivity contribution in [2.75, 3.05) is 0 Å². The van der Waals surface area contributed by atoms with Gasteiger partial charge in [-0.3, -0.25) is 0 Å². The maximum atomic E-state index is 2.52. The van der Waals surface area contributed by atoms with Crippen LogP contribution in [0.2, 0.25) is 0 Å². The Balaban J connectivity index is 1.01. The van der Waals surface area contributed by atoms with Gasteiger partial charge in [-0.2, -0.15) is 0 Å². The molecule has 0 fully saturated rings. The minimum absolute atomic E-state index is 1.16. The Morgan fingerprint density at radius 2 is 0.652 bits per heavy atom. The van der Waals surface area contributed by atoms with Crippen LogP contribution in [0.3, 0.4) is 0 Å². The summed E-state index contributed by atoms with van der Waals surface area (Å²) in [4.78, 5) is 0. The normalized spacial score (nSPS) is 12.1. The van der Waals surface area contributed by atoms with Crippen LogP contribution in [0.5, 0.6) is 0 Å². The third kappa shape index (κ3) is 5.91. The molecule has 2 heterocycles. The van der Waals surface area contributed by atoms with Crippen molar-refractivity contribution in [2.45, 2.75) is 0 Å². The molecule has 14 rings (SSSR count). The first-order valence-corrected chi connectivity index (χ1v) is 25.9. The number of hydrogen-bond donors (Lipinski definition) is 0. The van der Waals surface area contributed by atoms with E-state index in [0.717, 1.165) is 5.69 Å². The van der Waals surface area contributed by atoms with Gasteiger partial charge >= 0.3 is 0 Å². The van der Waals surface area contributed by atoms with Gasteiger partial charge in [0.05, 0.1) is 22.1 Å². The average molecular weight is 893 g/mol. The van der Waals surface area contributed by atoms with Crippen LogP contribution in [0.15, 0.2) is 267 Å². The van der Waals surface area contributed by atoms with Crippen molar-refractivity contribution in [3.63, 3.8) is 0 Å². The van der Waals surface area contributed by atoms with Gasteiger partial charge in [0.25, 0.3) is 0 Å². The van der Waals surface area contributed by atoms with Gasteiger partial charge in [-0.15, -0.1) is 0 Å². The summed E-state index contributed by atoms with van der Waals surface area (Å²) >= 11 is 0. The van der Waals surface area contributed by atoms with Crippen molar-refractivity contribution in [3.05, 3.63) is 267 Å². The van der Waals surface area contributed by atoms with Gasteiger partial charge in [-0.25, -0.2) is 0 Å². The lowest BCUT2D eigenvalue weighted by Gasteiger charge is -2.35. The standard InChI is InChI=1S/C66H44N2Si/c1-4-21-47(22-5-1)67-61-36-16-14-33-56(61)60-43-46(38-40-63(60)67)45-20-18-28-51(42-45)69(49-24-6-2-7-25-49,50-26-8-3-9-27-50)52-29-19-23-48(44-52)68-62-37-17-15-35-59(62)66-64(68)41-39-58-55-32-11-10-30-53(55)54-31-12-13-34-57(54)65(58)66/h1-44H. The lowest BCUT2D eigenvalue weighted by Crippen LogP contribution is -2.74. The monoisotopic (exact) mass is 892 g/mol. The van der Waals surface area contributed by atoms with E-state index in [2.05, 4.69) is 276 Å². The van der Waals surface area contributed by atoms with Crippen molar-refractivity contribution in [1.29, 1.82) is 0 Å². The van der Waals surface area contributed by atoms with E-state index in [1.165, 1.54) is 113 Å². The molecule has 0 bridgehead atoms. The number of para-hydroxylation sites is 3. The number of nitrogens with zero attached hydrogens (tertiary/aromatic N) is 2. The summed E-state index contributed by atoms with van der Waals surface area (Å²) in [7, 11) is -3.01. The van der Waals surface area contributed by atoms with E-state index in [1.54, 1.807) is 0 Å². The molecule has 0 spiro atoms. The molecule has 0 atom stereocenters. The molecular weight excluding hydrogens is 849 g/mol. The van der Waals surface area contributed by atoms with E-state index in [4.69, 9.17) is 0 Å². The zero-order valence-electron chi connectivity index (χ0n) is 37.8. The van der Waals surface area contributed by atoms with E-state index in [1.807, 2.05) is 0 Å². The largest absolute Gasteiger partial charge is 0.309 e. The molecule has 14 aromatic rings. The highest BCUT2D eigenvalue weighted by molar-refractivity contribution is 7.20. The minimum Gasteiger partial charge on any atom is -0.309 e. The van der Waals surface area contributed by atoms with Crippen molar-refractivity contribution < 1.29 is 0 Å². The third-order valence-corrected chi connectivity index (χ3v) is 19.6. The van der Waals surface area contributed by atoms with Crippen LogP contribution in [-0.4, -0.2) is 17.2 Å². The number of fused-ring (bicyclic) bond motifs is 13. The first-order chi connectivity index (χ1) is 34.3. The summed E-state index contributed by atoms with van der Waals surface area (Å²) in [5, 5.41) is 18.2. The molecule has 322 valence electrons. The van der Waals surface area contributed by atoms with Crippen LogP contribution < -0.4 is 20.7 Å². The third-order valence-electron chi connectivity index (χ3n) is 14.8. The summed E-state index contributed by atoms with van der Waals surface area (Å²) in [5.74, 6) is 0. The molecule has 3 heteroatoms. The molecule has 2 aromatic heterocycles. The van der Waals surface area contributed by atoms with Crippen molar-refractivity contribution in [1.82, 2.24) is 9.13 Å². The molecule has 69 heavy (non-hydrogen) atoms. The van der Waals surface area contributed by atoms with Gasteiger partial charge < -0.3 is 9.13 Å². The molecule has 0 radical (unpaired) electrons. The fraction of sp³-hybridized carbons (Fsp3) is 0. The van der Waals surface area contributed by atoms with E-state index in [0.29, 0.717) is 0 Å². The molecule has 2 nitrogen and oxygen atoms in total. The SMILES string of the molecule is c1ccc(-n2c3ccccc3c3cc(-c4cccc([Si](c5ccccc5)(c5ccccc5)c5cccc(-n6c7ccccc7c7c8c9ccccc9c9ccccc9c8ccc76)c5)c4)ccc32)cc1. The van der Waals surface area contributed by atoms with Crippen LogP contribution in [0.4, 0.5) is 0 Å². The van der Waals surface area contributed by atoms with Crippen molar-refractivity contribution in [2.24, 2.45) is 0 Å². The predicted octanol–water partition coefficient (Wildman–Crippen LogP) is 14.4. The van der Waals surface area contributed by atoms with Gasteiger partial charge in [0, 0.05) is 38.3 Å². The highest BCUT2D eigenvalue weighted by Crippen LogP contribution is 2.43. The Kier molecular flexibility index (Phi) is 8.95. The fourth-order valence-corrected chi connectivity index (χ4v) is 16.7. The molecule has 0 N–H and O–H groups in total. The minimum atomic E-state index is -3.01. The highest BCUT2D eigenvalue weighted by Gasteiger charge is 2.42. The van der Waals surface area contributed by atoms with Gasteiger partial charge in [0.2, 0.25) is 0 Å². The quantitative estimate of drug-likeness (QED) is 0.0857.